The first kappa shape index (κ1) is 18.3. The fourth-order valence-electron chi connectivity index (χ4n) is 4.51. The van der Waals surface area contributed by atoms with E-state index in [-0.39, 0.29) is 11.8 Å². The van der Waals surface area contributed by atoms with Gasteiger partial charge in [0.1, 0.15) is 11.6 Å². The quantitative estimate of drug-likeness (QED) is 0.675. The number of hydrogen-bond donors (Lipinski definition) is 0. The third-order valence-electron chi connectivity index (χ3n) is 5.83. The van der Waals surface area contributed by atoms with Gasteiger partial charge in [-0.2, -0.15) is 0 Å². The van der Waals surface area contributed by atoms with E-state index in [1.807, 2.05) is 24.3 Å². The van der Waals surface area contributed by atoms with E-state index >= 15 is 0 Å². The second kappa shape index (κ2) is 6.66. The van der Waals surface area contributed by atoms with Crippen LogP contribution in [-0.2, 0) is 5.66 Å². The first-order valence-corrected chi connectivity index (χ1v) is 9.56. The van der Waals surface area contributed by atoms with Crippen molar-refractivity contribution in [1.29, 1.82) is 0 Å². The van der Waals surface area contributed by atoms with Gasteiger partial charge in [0.25, 0.3) is 11.8 Å². The molecule has 3 aromatic rings. The summed E-state index contributed by atoms with van der Waals surface area (Å²) >= 11 is 0. The lowest BCUT2D eigenvalue weighted by molar-refractivity contribution is 0.0375. The number of aromatic nitrogens is 1. The van der Waals surface area contributed by atoms with E-state index in [0.717, 1.165) is 5.56 Å². The minimum atomic E-state index is -1.09. The van der Waals surface area contributed by atoms with Gasteiger partial charge in [-0.15, -0.1) is 0 Å². The third kappa shape index (κ3) is 2.38. The predicted octanol–water partition coefficient (Wildman–Crippen LogP) is 3.04. The van der Waals surface area contributed by atoms with Crippen molar-refractivity contribution >= 4 is 11.8 Å². The van der Waals surface area contributed by atoms with E-state index in [0.29, 0.717) is 35.5 Å². The lowest BCUT2D eigenvalue weighted by atomic mass is 9.90. The molecule has 0 saturated carbocycles. The molecule has 2 aromatic carbocycles. The van der Waals surface area contributed by atoms with Gasteiger partial charge in [0, 0.05) is 42.2 Å². The molecule has 5 rings (SSSR count). The lowest BCUT2D eigenvalue weighted by Gasteiger charge is -2.40. The number of carbonyl (C=O) groups excluding carboxylic acids is 2. The molecule has 2 aliphatic heterocycles. The van der Waals surface area contributed by atoms with Crippen LogP contribution >= 0.6 is 0 Å². The Bertz CT molecular complexity index is 1150. The second-order valence-corrected chi connectivity index (χ2v) is 7.24. The maximum Gasteiger partial charge on any atom is 0.258 e. The van der Waals surface area contributed by atoms with Gasteiger partial charge in [-0.05, 0) is 42.5 Å². The van der Waals surface area contributed by atoms with Crippen LogP contribution in [0.15, 0.2) is 67.0 Å². The van der Waals surface area contributed by atoms with Crippen LogP contribution in [0, 0.1) is 5.82 Å². The minimum Gasteiger partial charge on any atom is -0.497 e. The van der Waals surface area contributed by atoms with Crippen molar-refractivity contribution in [2.45, 2.75) is 5.66 Å². The summed E-state index contributed by atoms with van der Waals surface area (Å²) < 4.78 is 18.7. The first-order chi connectivity index (χ1) is 14.6. The summed E-state index contributed by atoms with van der Waals surface area (Å²) in [5, 5.41) is 0. The number of amides is 2. The van der Waals surface area contributed by atoms with E-state index in [1.165, 1.54) is 24.3 Å². The Morgan fingerprint density at radius 3 is 2.50 bits per heavy atom. The van der Waals surface area contributed by atoms with Crippen LogP contribution in [0.5, 0.6) is 5.75 Å². The van der Waals surface area contributed by atoms with Crippen LogP contribution < -0.4 is 4.74 Å². The average molecular weight is 403 g/mol. The van der Waals surface area contributed by atoms with Gasteiger partial charge in [0.2, 0.25) is 0 Å². The lowest BCUT2D eigenvalue weighted by Crippen LogP contribution is -2.51. The van der Waals surface area contributed by atoms with Gasteiger partial charge in [0.15, 0.2) is 5.66 Å². The summed E-state index contributed by atoms with van der Waals surface area (Å²) in [6.45, 7) is 0.738. The van der Waals surface area contributed by atoms with Crippen molar-refractivity contribution in [2.75, 3.05) is 20.2 Å². The van der Waals surface area contributed by atoms with Crippen LogP contribution in [0.25, 0.3) is 0 Å². The summed E-state index contributed by atoms with van der Waals surface area (Å²) in [7, 11) is 1.58. The van der Waals surface area contributed by atoms with Gasteiger partial charge in [0.05, 0.1) is 12.7 Å². The minimum absolute atomic E-state index is 0.164. The highest BCUT2D eigenvalue weighted by molar-refractivity contribution is 6.03. The summed E-state index contributed by atoms with van der Waals surface area (Å²) in [5.41, 5.74) is 1.23. The third-order valence-corrected chi connectivity index (χ3v) is 5.83. The molecule has 0 N–H and O–H groups in total. The van der Waals surface area contributed by atoms with Crippen molar-refractivity contribution in [3.8, 4) is 5.75 Å². The number of rotatable bonds is 3. The van der Waals surface area contributed by atoms with E-state index < -0.39 is 11.5 Å². The van der Waals surface area contributed by atoms with Gasteiger partial charge < -0.3 is 14.5 Å². The number of halogens is 1. The maximum absolute atomic E-state index is 13.5. The zero-order valence-electron chi connectivity index (χ0n) is 16.2. The molecule has 150 valence electrons. The number of nitrogens with zero attached hydrogens (tertiary/aromatic N) is 3. The maximum atomic E-state index is 13.5. The predicted molar refractivity (Wildman–Crippen MR) is 106 cm³/mol. The van der Waals surface area contributed by atoms with Gasteiger partial charge in [-0.1, -0.05) is 12.1 Å². The molecule has 0 radical (unpaired) electrons. The highest BCUT2D eigenvalue weighted by Gasteiger charge is 2.59. The molecule has 0 aliphatic carbocycles. The summed E-state index contributed by atoms with van der Waals surface area (Å²) in [4.78, 5) is 34.3. The number of methoxy groups -OCH3 is 1. The van der Waals surface area contributed by atoms with E-state index in [9.17, 15) is 14.0 Å². The number of hydrogen-bond acceptors (Lipinski definition) is 4. The highest BCUT2D eigenvalue weighted by atomic mass is 19.1. The normalized spacial score (nSPS) is 19.6. The standard InChI is InChI=1S/C23H18FN3O3/c1-30-18-8-4-16(5-9-18)23-20-10-11-25-14-19(20)22(29)27(23)13-12-26(23)21(28)15-2-6-17(24)7-3-15/h2-11,14H,12-13H2,1H3. The molecule has 0 bridgehead atoms. The highest BCUT2D eigenvalue weighted by Crippen LogP contribution is 2.50. The Labute approximate surface area is 172 Å². The van der Waals surface area contributed by atoms with Gasteiger partial charge in [-0.3, -0.25) is 14.6 Å². The Balaban J connectivity index is 1.72. The first-order valence-electron chi connectivity index (χ1n) is 9.56. The van der Waals surface area contributed by atoms with Crippen LogP contribution in [0.4, 0.5) is 4.39 Å². The molecule has 1 fully saturated rings. The van der Waals surface area contributed by atoms with Crippen LogP contribution in [0.2, 0.25) is 0 Å². The molecule has 1 saturated heterocycles. The molecular formula is C23H18FN3O3. The number of carbonyl (C=O) groups is 2. The van der Waals surface area contributed by atoms with Crippen molar-refractivity contribution in [3.63, 3.8) is 0 Å². The van der Waals surface area contributed by atoms with Crippen LogP contribution in [0.1, 0.15) is 31.8 Å². The van der Waals surface area contributed by atoms with Crippen molar-refractivity contribution in [1.82, 2.24) is 14.8 Å². The molecule has 6 nitrogen and oxygen atoms in total. The molecule has 30 heavy (non-hydrogen) atoms. The zero-order chi connectivity index (χ0) is 20.9. The molecule has 0 spiro atoms. The topological polar surface area (TPSA) is 62.7 Å². The summed E-state index contributed by atoms with van der Waals surface area (Å²) in [6.07, 6.45) is 3.17. The SMILES string of the molecule is COc1ccc(C23c4ccncc4C(=O)N2CCN3C(=O)c2ccc(F)cc2)cc1. The Kier molecular flexibility index (Phi) is 4.06. The van der Waals surface area contributed by atoms with E-state index in [2.05, 4.69) is 4.98 Å². The van der Waals surface area contributed by atoms with Crippen molar-refractivity contribution in [2.24, 2.45) is 0 Å². The molecule has 3 heterocycles. The smallest absolute Gasteiger partial charge is 0.258 e. The molecular weight excluding hydrogens is 385 g/mol. The molecule has 2 aliphatic rings. The Morgan fingerprint density at radius 1 is 1.07 bits per heavy atom. The fraction of sp³-hybridized carbons (Fsp3) is 0.174. The molecule has 2 amide bonds. The molecule has 1 unspecified atom stereocenters. The number of fused-ring (bicyclic) bond motifs is 3. The number of benzene rings is 2. The molecule has 7 heteroatoms. The van der Waals surface area contributed by atoms with E-state index in [1.54, 1.807) is 35.4 Å². The molecule has 1 aromatic heterocycles. The Hall–Kier alpha value is -3.74. The average Bonchev–Trinajstić information content (AvgIpc) is 3.30. The molecule has 1 atom stereocenters. The van der Waals surface area contributed by atoms with Gasteiger partial charge in [-0.25, -0.2) is 4.39 Å². The fourth-order valence-corrected chi connectivity index (χ4v) is 4.51. The zero-order valence-corrected chi connectivity index (χ0v) is 16.2. The van der Waals surface area contributed by atoms with Crippen LogP contribution in [-0.4, -0.2) is 46.8 Å². The van der Waals surface area contributed by atoms with Crippen molar-refractivity contribution < 1.29 is 18.7 Å². The monoisotopic (exact) mass is 403 g/mol. The Morgan fingerprint density at radius 2 is 1.80 bits per heavy atom. The van der Waals surface area contributed by atoms with Crippen molar-refractivity contribution in [3.05, 3.63) is 95.1 Å². The summed E-state index contributed by atoms with van der Waals surface area (Å²) in [6, 6.07) is 14.6. The number of pyridine rings is 1. The largest absolute Gasteiger partial charge is 0.497 e. The van der Waals surface area contributed by atoms with Gasteiger partial charge >= 0.3 is 0 Å². The second-order valence-electron chi connectivity index (χ2n) is 7.24. The van der Waals surface area contributed by atoms with E-state index in [4.69, 9.17) is 4.74 Å². The number of ether oxygens (including phenoxy) is 1. The van der Waals surface area contributed by atoms with Crippen LogP contribution in [0.3, 0.4) is 0 Å². The summed E-state index contributed by atoms with van der Waals surface area (Å²) in [5.74, 6) is -0.170.